The van der Waals surface area contributed by atoms with E-state index in [9.17, 15) is 39.9 Å². The van der Waals surface area contributed by atoms with Crippen LogP contribution in [-0.2, 0) is 42.8 Å². The van der Waals surface area contributed by atoms with Gasteiger partial charge in [-0.1, -0.05) is 101 Å². The minimum absolute atomic E-state index is 0.0635. The Bertz CT molecular complexity index is 2020. The molecule has 17 heteroatoms. The number of aliphatic hydroxyl groups excluding tert-OH is 3. The van der Waals surface area contributed by atoms with Crippen molar-refractivity contribution in [2.24, 2.45) is 17.8 Å². The number of carbonyl (C=O) groups excluding carboxylic acids is 3. The number of rotatable bonds is 23. The average molecular weight is 1120 g/mol. The maximum absolute atomic E-state index is 14.5. The van der Waals surface area contributed by atoms with Crippen LogP contribution in [-0.4, -0.2) is 177 Å². The molecule has 79 heavy (non-hydrogen) atoms. The van der Waals surface area contributed by atoms with Gasteiger partial charge in [-0.25, -0.2) is 0 Å². The van der Waals surface area contributed by atoms with Crippen molar-refractivity contribution < 1.29 is 68.3 Å². The SMILES string of the molecule is CCC=CCC=CCC=CCC=CCC=CCC=CCCC(=O)NC(C)C(=O)N(C)[C@H]1C[C@@H](C)O[C@@H](O[C@@H]2[C@@H](C)[C@H](O[C@H]3C[C@@](C)(OC)[C@@H](O)[C@H](C)O3)[C@@H](C)C(=O)O[C@H](CC)[C@@](C)(O)[C@H](O)[C@@H](C)N(C)C[C@H](C)C[C@@]2(C)O)[C@@H]1O. The molecule has 19 atom stereocenters. The van der Waals surface area contributed by atoms with E-state index in [2.05, 4.69) is 73.0 Å². The van der Waals surface area contributed by atoms with Gasteiger partial charge in [-0.3, -0.25) is 14.4 Å². The summed E-state index contributed by atoms with van der Waals surface area (Å²) in [5.41, 5.74) is -4.68. The zero-order valence-electron chi connectivity index (χ0n) is 50.7. The van der Waals surface area contributed by atoms with E-state index in [0.717, 1.165) is 38.5 Å². The number of hydrogen-bond acceptors (Lipinski definition) is 15. The number of nitrogens with zero attached hydrogens (tertiary/aromatic N) is 2. The van der Waals surface area contributed by atoms with Crippen LogP contribution in [0.25, 0.3) is 0 Å². The maximum atomic E-state index is 14.5. The molecule has 0 bridgehead atoms. The third kappa shape index (κ3) is 21.0. The van der Waals surface area contributed by atoms with Crippen molar-refractivity contribution in [3.05, 3.63) is 72.9 Å². The second-order valence-corrected chi connectivity index (χ2v) is 23.4. The largest absolute Gasteiger partial charge is 0.459 e. The number of esters is 1. The van der Waals surface area contributed by atoms with Crippen LogP contribution >= 0.6 is 0 Å². The summed E-state index contributed by atoms with van der Waals surface area (Å²) in [5, 5.41) is 62.5. The number of amides is 2. The van der Waals surface area contributed by atoms with Gasteiger partial charge in [0.2, 0.25) is 11.8 Å². The minimum atomic E-state index is -1.87. The molecule has 3 saturated heterocycles. The molecule has 0 spiro atoms. The molecule has 0 aliphatic carbocycles. The van der Waals surface area contributed by atoms with Gasteiger partial charge in [0, 0.05) is 45.5 Å². The summed E-state index contributed by atoms with van der Waals surface area (Å²) in [4.78, 5) is 44.9. The highest BCUT2D eigenvalue weighted by atomic mass is 16.7. The number of nitrogens with one attached hydrogen (secondary N) is 1. The van der Waals surface area contributed by atoms with Crippen LogP contribution in [0.4, 0.5) is 0 Å². The Morgan fingerprint density at radius 2 is 1.35 bits per heavy atom. The van der Waals surface area contributed by atoms with Crippen LogP contribution < -0.4 is 5.32 Å². The lowest BCUT2D eigenvalue weighted by molar-refractivity contribution is -0.317. The van der Waals surface area contributed by atoms with Gasteiger partial charge in [0.25, 0.3) is 0 Å². The first-order valence-electron chi connectivity index (χ1n) is 29.2. The smallest absolute Gasteiger partial charge is 0.311 e. The van der Waals surface area contributed by atoms with E-state index in [-0.39, 0.29) is 43.9 Å². The van der Waals surface area contributed by atoms with E-state index in [4.69, 9.17) is 28.4 Å². The van der Waals surface area contributed by atoms with E-state index < -0.39 is 120 Å². The second kappa shape index (κ2) is 33.5. The fraction of sp³-hybridized carbons (Fsp3) is 0.758. The van der Waals surface area contributed by atoms with E-state index in [1.807, 2.05) is 31.0 Å². The van der Waals surface area contributed by atoms with Crippen molar-refractivity contribution in [1.29, 1.82) is 0 Å². The third-order valence-electron chi connectivity index (χ3n) is 16.3. The summed E-state index contributed by atoms with van der Waals surface area (Å²) < 4.78 is 38.1. The molecule has 0 saturated carbocycles. The summed E-state index contributed by atoms with van der Waals surface area (Å²) in [7, 11) is 4.86. The molecule has 2 amide bonds. The van der Waals surface area contributed by atoms with Crippen LogP contribution in [0.5, 0.6) is 0 Å². The van der Waals surface area contributed by atoms with Gasteiger partial charge in [-0.05, 0) is 133 Å². The lowest BCUT2D eigenvalue weighted by Crippen LogP contribution is -2.62. The molecule has 3 aliphatic heterocycles. The van der Waals surface area contributed by atoms with Gasteiger partial charge in [0.1, 0.15) is 36.1 Å². The predicted octanol–water partition coefficient (Wildman–Crippen LogP) is 7.78. The van der Waals surface area contributed by atoms with Crippen LogP contribution in [0.3, 0.4) is 0 Å². The molecule has 1 unspecified atom stereocenters. The van der Waals surface area contributed by atoms with Gasteiger partial charge in [-0.15, -0.1) is 0 Å². The molecule has 0 aromatic rings. The molecule has 452 valence electrons. The van der Waals surface area contributed by atoms with Gasteiger partial charge in [0.05, 0.1) is 47.6 Å². The Hall–Kier alpha value is -3.59. The Kier molecular flexibility index (Phi) is 29.5. The number of ether oxygens (including phenoxy) is 6. The zero-order valence-corrected chi connectivity index (χ0v) is 50.7. The number of cyclic esters (lactones) is 1. The Balaban J connectivity index is 1.79. The Labute approximate surface area is 474 Å². The fourth-order valence-corrected chi connectivity index (χ4v) is 11.3. The van der Waals surface area contributed by atoms with Crippen LogP contribution in [0, 0.1) is 17.8 Å². The predicted molar refractivity (Wildman–Crippen MR) is 308 cm³/mol. The molecule has 3 fully saturated rings. The maximum Gasteiger partial charge on any atom is 0.311 e. The number of aliphatic hydroxyl groups is 5. The summed E-state index contributed by atoms with van der Waals surface area (Å²) in [6.45, 7) is 21.3. The van der Waals surface area contributed by atoms with Gasteiger partial charge < -0.3 is 69.1 Å². The Morgan fingerprint density at radius 1 is 0.810 bits per heavy atom. The third-order valence-corrected chi connectivity index (χ3v) is 16.3. The van der Waals surface area contributed by atoms with Crippen molar-refractivity contribution >= 4 is 17.8 Å². The van der Waals surface area contributed by atoms with Gasteiger partial charge in [0.15, 0.2) is 12.6 Å². The summed E-state index contributed by atoms with van der Waals surface area (Å²) in [6, 6.07) is -2.36. The van der Waals surface area contributed by atoms with Crippen molar-refractivity contribution in [2.45, 2.75) is 256 Å². The van der Waals surface area contributed by atoms with E-state index in [1.165, 1.54) is 18.9 Å². The number of hydrogen-bond donors (Lipinski definition) is 6. The standard InChI is InChI=1S/C62H105N3O14/c1-16-18-19-20-21-22-23-24-25-26-27-28-29-30-31-32-33-34-35-36-50(66)63-45(7)57(70)65(14)48-37-42(4)75-59(52(48)67)79-56-43(5)53(78-51-39-61(11,74-15)55(69)47(9)76-51)44(6)58(71)77-49(17-2)62(12,73)54(68)46(8)64(13)40-41(3)38-60(56,10)72/h18-19,21-22,24-25,27-28,30-31,33-34,41-49,51-56,59,67-69,72-73H,16-17,20,23,26,29,32,35-40H2,1-15H3,(H,63,66)/t41-,42-,43+,44-,45?,46-,47+,48+,49-,51+,52-,53+,54-,55+,56-,59+,60-,61-,62-/m1/s1. The van der Waals surface area contributed by atoms with Crippen LogP contribution in [0.2, 0.25) is 0 Å². The van der Waals surface area contributed by atoms with Crippen molar-refractivity contribution in [3.8, 4) is 0 Å². The molecular weight excluding hydrogens is 1010 g/mol. The average Bonchev–Trinajstić information content (AvgIpc) is 3.45. The quantitative estimate of drug-likeness (QED) is 0.0424. The molecule has 0 radical (unpaired) electrons. The van der Waals surface area contributed by atoms with Gasteiger partial charge >= 0.3 is 5.97 Å². The molecule has 3 aliphatic rings. The molecule has 3 rings (SSSR count). The second-order valence-electron chi connectivity index (χ2n) is 23.4. The topological polar surface area (TPSA) is 226 Å². The normalized spacial score (nSPS) is 37.5. The molecule has 17 nitrogen and oxygen atoms in total. The molecule has 3 heterocycles. The van der Waals surface area contributed by atoms with Crippen molar-refractivity contribution in [3.63, 3.8) is 0 Å². The first-order chi connectivity index (χ1) is 37.2. The molecule has 0 aromatic heterocycles. The van der Waals surface area contributed by atoms with Gasteiger partial charge in [-0.2, -0.15) is 0 Å². The highest BCUT2D eigenvalue weighted by molar-refractivity contribution is 5.87. The summed E-state index contributed by atoms with van der Waals surface area (Å²) >= 11 is 0. The first-order valence-corrected chi connectivity index (χ1v) is 29.2. The van der Waals surface area contributed by atoms with Crippen molar-refractivity contribution in [1.82, 2.24) is 15.1 Å². The Morgan fingerprint density at radius 3 is 1.89 bits per heavy atom. The lowest BCUT2D eigenvalue weighted by Gasteiger charge is -2.49. The monoisotopic (exact) mass is 1120 g/mol. The number of methoxy groups -OCH3 is 1. The van der Waals surface area contributed by atoms with Crippen molar-refractivity contribution in [2.75, 3.05) is 27.7 Å². The van der Waals surface area contributed by atoms with Crippen LogP contribution in [0.1, 0.15) is 160 Å². The zero-order chi connectivity index (χ0) is 59.3. The number of likely N-dealkylation sites (N-methyl/N-ethyl adjacent to an activating group) is 2. The summed E-state index contributed by atoms with van der Waals surface area (Å²) in [6.07, 6.45) is 21.3. The minimum Gasteiger partial charge on any atom is -0.459 e. The number of carbonyl (C=O) groups is 3. The van der Waals surface area contributed by atoms with E-state index >= 15 is 0 Å². The van der Waals surface area contributed by atoms with E-state index in [1.54, 1.807) is 69.4 Å². The van der Waals surface area contributed by atoms with Crippen LogP contribution in [0.15, 0.2) is 72.9 Å². The lowest BCUT2D eigenvalue weighted by atomic mass is 9.77. The summed E-state index contributed by atoms with van der Waals surface area (Å²) in [5.74, 6) is -3.73. The molecular formula is C62H105N3O14. The highest BCUT2D eigenvalue weighted by Crippen LogP contribution is 2.40. The van der Waals surface area contributed by atoms with E-state index in [0.29, 0.717) is 13.0 Å². The number of allylic oxidation sites excluding steroid dienone is 12. The highest BCUT2D eigenvalue weighted by Gasteiger charge is 2.53. The molecule has 0 aromatic carbocycles. The molecule has 6 N–H and O–H groups in total. The first kappa shape index (κ1) is 69.7. The fourth-order valence-electron chi connectivity index (χ4n) is 11.3.